The number of aromatic nitrogens is 2. The molecular formula is C10H17N3O2. The van der Waals surface area contributed by atoms with Crippen molar-refractivity contribution < 1.29 is 9.90 Å². The lowest BCUT2D eigenvalue weighted by atomic mass is 10.1. The summed E-state index contributed by atoms with van der Waals surface area (Å²) in [6.07, 6.45) is 1.79. The fourth-order valence-corrected chi connectivity index (χ4v) is 1.39. The summed E-state index contributed by atoms with van der Waals surface area (Å²) in [5.74, 6) is -1.13. The Morgan fingerprint density at radius 3 is 2.80 bits per heavy atom. The van der Waals surface area contributed by atoms with E-state index in [0.717, 1.165) is 6.54 Å². The number of nitrogens with zero attached hydrogens (tertiary/aromatic N) is 2. The molecule has 1 unspecified atom stereocenters. The first-order valence-corrected chi connectivity index (χ1v) is 5.00. The number of carboxylic acids is 1. The molecular weight excluding hydrogens is 194 g/mol. The molecule has 84 valence electrons. The molecule has 0 fully saturated rings. The minimum Gasteiger partial charge on any atom is -0.481 e. The van der Waals surface area contributed by atoms with Gasteiger partial charge in [-0.15, -0.1) is 0 Å². The van der Waals surface area contributed by atoms with Gasteiger partial charge in [0.25, 0.3) is 0 Å². The van der Waals surface area contributed by atoms with Crippen molar-refractivity contribution in [2.45, 2.75) is 26.3 Å². The van der Waals surface area contributed by atoms with Crippen molar-refractivity contribution in [2.75, 3.05) is 6.54 Å². The largest absolute Gasteiger partial charge is 0.481 e. The average Bonchev–Trinajstić information content (AvgIpc) is 2.52. The molecule has 0 saturated carbocycles. The Morgan fingerprint density at radius 2 is 2.33 bits per heavy atom. The van der Waals surface area contributed by atoms with Crippen molar-refractivity contribution in [1.29, 1.82) is 0 Å². The van der Waals surface area contributed by atoms with Gasteiger partial charge in [0.15, 0.2) is 0 Å². The molecule has 1 rings (SSSR count). The maximum atomic E-state index is 10.8. The van der Waals surface area contributed by atoms with Crippen LogP contribution in [0.2, 0.25) is 0 Å². The Balaban J connectivity index is 2.78. The first-order valence-electron chi connectivity index (χ1n) is 5.00. The van der Waals surface area contributed by atoms with Crippen LogP contribution < -0.4 is 5.73 Å². The first-order chi connectivity index (χ1) is 7.04. The van der Waals surface area contributed by atoms with Crippen LogP contribution >= 0.6 is 0 Å². The standard InChI is InChI=1S/C10H17N3O2/c1-7(2)6-13-4-3-9(12-13)8(5-11)10(14)15/h3-4,7-8H,5-6,11H2,1-2H3,(H,14,15). The second kappa shape index (κ2) is 4.93. The van der Waals surface area contributed by atoms with E-state index in [2.05, 4.69) is 18.9 Å². The topological polar surface area (TPSA) is 81.1 Å². The van der Waals surface area contributed by atoms with Crippen LogP contribution in [-0.4, -0.2) is 27.4 Å². The Morgan fingerprint density at radius 1 is 1.67 bits per heavy atom. The summed E-state index contributed by atoms with van der Waals surface area (Å²) in [6.45, 7) is 5.03. The number of nitrogens with two attached hydrogens (primary N) is 1. The van der Waals surface area contributed by atoms with E-state index in [1.165, 1.54) is 0 Å². The third kappa shape index (κ3) is 3.06. The molecule has 0 bridgehead atoms. The molecule has 3 N–H and O–H groups in total. The predicted molar refractivity (Wildman–Crippen MR) is 56.5 cm³/mol. The highest BCUT2D eigenvalue weighted by Crippen LogP contribution is 2.12. The molecule has 1 aromatic rings. The summed E-state index contributed by atoms with van der Waals surface area (Å²) in [5.41, 5.74) is 5.92. The molecule has 0 spiro atoms. The van der Waals surface area contributed by atoms with Gasteiger partial charge >= 0.3 is 5.97 Å². The average molecular weight is 211 g/mol. The highest BCUT2D eigenvalue weighted by Gasteiger charge is 2.20. The van der Waals surface area contributed by atoms with Crippen LogP contribution in [0, 0.1) is 5.92 Å². The number of carboxylic acid groups (broad SMARTS) is 1. The molecule has 5 nitrogen and oxygen atoms in total. The summed E-state index contributed by atoms with van der Waals surface area (Å²) in [5, 5.41) is 13.1. The maximum Gasteiger partial charge on any atom is 0.313 e. The SMILES string of the molecule is CC(C)Cn1ccc(C(CN)C(=O)O)n1. The van der Waals surface area contributed by atoms with Gasteiger partial charge in [-0.3, -0.25) is 9.48 Å². The zero-order valence-corrected chi connectivity index (χ0v) is 9.05. The zero-order valence-electron chi connectivity index (χ0n) is 9.05. The fourth-order valence-electron chi connectivity index (χ4n) is 1.39. The molecule has 0 aliphatic rings. The molecule has 0 aromatic carbocycles. The molecule has 0 aliphatic carbocycles. The van der Waals surface area contributed by atoms with Crippen molar-refractivity contribution in [3.05, 3.63) is 18.0 Å². The Labute approximate surface area is 88.9 Å². The summed E-state index contributed by atoms with van der Waals surface area (Å²) < 4.78 is 1.76. The Bertz CT molecular complexity index is 333. The highest BCUT2D eigenvalue weighted by atomic mass is 16.4. The maximum absolute atomic E-state index is 10.8. The van der Waals surface area contributed by atoms with Gasteiger partial charge in [0, 0.05) is 19.3 Å². The third-order valence-corrected chi connectivity index (χ3v) is 2.10. The number of hydrogen-bond acceptors (Lipinski definition) is 3. The van der Waals surface area contributed by atoms with E-state index in [4.69, 9.17) is 10.8 Å². The molecule has 1 atom stereocenters. The molecule has 0 radical (unpaired) electrons. The molecule has 1 aromatic heterocycles. The molecule has 15 heavy (non-hydrogen) atoms. The second-order valence-electron chi connectivity index (χ2n) is 3.98. The quantitative estimate of drug-likeness (QED) is 0.750. The van der Waals surface area contributed by atoms with Crippen LogP contribution in [0.4, 0.5) is 0 Å². The third-order valence-electron chi connectivity index (χ3n) is 2.10. The lowest BCUT2D eigenvalue weighted by Gasteiger charge is -2.07. The second-order valence-corrected chi connectivity index (χ2v) is 3.98. The summed E-state index contributed by atoms with van der Waals surface area (Å²) >= 11 is 0. The van der Waals surface area contributed by atoms with Gasteiger partial charge in [-0.25, -0.2) is 0 Å². The minimum absolute atomic E-state index is 0.0774. The first kappa shape index (κ1) is 11.7. The minimum atomic E-state index is -0.924. The lowest BCUT2D eigenvalue weighted by Crippen LogP contribution is -2.22. The smallest absolute Gasteiger partial charge is 0.313 e. The van der Waals surface area contributed by atoms with E-state index in [1.54, 1.807) is 16.9 Å². The molecule has 5 heteroatoms. The molecule has 0 saturated heterocycles. The normalized spacial score (nSPS) is 13.1. The van der Waals surface area contributed by atoms with E-state index < -0.39 is 11.9 Å². The Kier molecular flexibility index (Phi) is 3.85. The number of aliphatic carboxylic acids is 1. The van der Waals surface area contributed by atoms with Crippen LogP contribution in [0.15, 0.2) is 12.3 Å². The van der Waals surface area contributed by atoms with E-state index in [-0.39, 0.29) is 6.54 Å². The predicted octanol–water partition coefficient (Wildman–Crippen LogP) is 0.666. The summed E-state index contributed by atoms with van der Waals surface area (Å²) in [6, 6.07) is 1.72. The van der Waals surface area contributed by atoms with Gasteiger partial charge in [-0.05, 0) is 12.0 Å². The molecule has 1 heterocycles. The lowest BCUT2D eigenvalue weighted by molar-refractivity contribution is -0.138. The van der Waals surface area contributed by atoms with Crippen molar-refractivity contribution in [1.82, 2.24) is 9.78 Å². The number of rotatable bonds is 5. The highest BCUT2D eigenvalue weighted by molar-refractivity contribution is 5.75. The van der Waals surface area contributed by atoms with Crippen LogP contribution in [0.1, 0.15) is 25.5 Å². The zero-order chi connectivity index (χ0) is 11.4. The van der Waals surface area contributed by atoms with E-state index in [9.17, 15) is 4.79 Å². The van der Waals surface area contributed by atoms with Crippen molar-refractivity contribution in [2.24, 2.45) is 11.7 Å². The van der Waals surface area contributed by atoms with Crippen LogP contribution in [-0.2, 0) is 11.3 Å². The fraction of sp³-hybridized carbons (Fsp3) is 0.600. The van der Waals surface area contributed by atoms with Gasteiger partial charge in [0.05, 0.1) is 5.69 Å². The van der Waals surface area contributed by atoms with Gasteiger partial charge < -0.3 is 10.8 Å². The van der Waals surface area contributed by atoms with Crippen LogP contribution in [0.5, 0.6) is 0 Å². The number of hydrogen-bond donors (Lipinski definition) is 2. The van der Waals surface area contributed by atoms with Crippen molar-refractivity contribution in [3.8, 4) is 0 Å². The van der Waals surface area contributed by atoms with Crippen LogP contribution in [0.3, 0.4) is 0 Å². The summed E-state index contributed by atoms with van der Waals surface area (Å²) in [4.78, 5) is 10.8. The monoisotopic (exact) mass is 211 g/mol. The van der Waals surface area contributed by atoms with E-state index >= 15 is 0 Å². The van der Waals surface area contributed by atoms with Crippen molar-refractivity contribution >= 4 is 5.97 Å². The van der Waals surface area contributed by atoms with E-state index in [1.807, 2.05) is 0 Å². The van der Waals surface area contributed by atoms with Crippen LogP contribution in [0.25, 0.3) is 0 Å². The Hall–Kier alpha value is -1.36. The van der Waals surface area contributed by atoms with Gasteiger partial charge in [0.1, 0.15) is 5.92 Å². The molecule has 0 aliphatic heterocycles. The van der Waals surface area contributed by atoms with Crippen molar-refractivity contribution in [3.63, 3.8) is 0 Å². The number of carbonyl (C=O) groups is 1. The van der Waals surface area contributed by atoms with E-state index in [0.29, 0.717) is 11.6 Å². The van der Waals surface area contributed by atoms with Gasteiger partial charge in [-0.2, -0.15) is 5.10 Å². The summed E-state index contributed by atoms with van der Waals surface area (Å²) in [7, 11) is 0. The van der Waals surface area contributed by atoms with Gasteiger partial charge in [-0.1, -0.05) is 13.8 Å². The van der Waals surface area contributed by atoms with Gasteiger partial charge in [0.2, 0.25) is 0 Å². The molecule has 0 amide bonds.